The molecule has 0 aromatic heterocycles. The lowest BCUT2D eigenvalue weighted by Gasteiger charge is -2.13. The number of amides is 1. The molecule has 1 atom stereocenters. The number of hydrogen-bond acceptors (Lipinski definition) is 5. The Bertz CT molecular complexity index is 518. The minimum Gasteiger partial charge on any atom is -0.496 e. The molecule has 0 bridgehead atoms. The fourth-order valence-electron chi connectivity index (χ4n) is 2.23. The van der Waals surface area contributed by atoms with E-state index in [1.54, 1.807) is 0 Å². The number of methoxy groups -OCH3 is 1. The number of rotatable bonds is 5. The van der Waals surface area contributed by atoms with E-state index in [9.17, 15) is 14.9 Å². The van der Waals surface area contributed by atoms with Crippen LogP contribution < -0.4 is 15.4 Å². The van der Waals surface area contributed by atoms with Crippen LogP contribution >= 0.6 is 12.4 Å². The zero-order valence-corrected chi connectivity index (χ0v) is 12.4. The molecule has 0 aliphatic carbocycles. The highest BCUT2D eigenvalue weighted by Crippen LogP contribution is 2.23. The first-order valence-electron chi connectivity index (χ1n) is 6.44. The molecule has 116 valence electrons. The molecule has 2 N–H and O–H groups in total. The number of nitrogens with zero attached hydrogens (tertiary/aromatic N) is 1. The van der Waals surface area contributed by atoms with Gasteiger partial charge in [-0.3, -0.25) is 14.9 Å². The second-order valence-electron chi connectivity index (χ2n) is 4.62. The average molecular weight is 316 g/mol. The lowest BCUT2D eigenvalue weighted by molar-refractivity contribution is -0.384. The second-order valence-corrected chi connectivity index (χ2v) is 4.62. The molecule has 1 aromatic rings. The van der Waals surface area contributed by atoms with E-state index in [1.807, 2.05) is 0 Å². The summed E-state index contributed by atoms with van der Waals surface area (Å²) in [5, 5.41) is 16.6. The number of non-ortho nitro benzene ring substituents is 1. The fourth-order valence-corrected chi connectivity index (χ4v) is 2.23. The van der Waals surface area contributed by atoms with Gasteiger partial charge in [0.05, 0.1) is 18.1 Å². The molecule has 2 rings (SSSR count). The summed E-state index contributed by atoms with van der Waals surface area (Å²) in [5.41, 5.74) is 0.571. The van der Waals surface area contributed by atoms with E-state index >= 15 is 0 Å². The van der Waals surface area contributed by atoms with Crippen LogP contribution in [0, 0.1) is 10.1 Å². The quantitative estimate of drug-likeness (QED) is 0.632. The Morgan fingerprint density at radius 3 is 2.90 bits per heavy atom. The summed E-state index contributed by atoms with van der Waals surface area (Å²) in [6.07, 6.45) is 1.80. The van der Waals surface area contributed by atoms with E-state index in [4.69, 9.17) is 4.74 Å². The van der Waals surface area contributed by atoms with Gasteiger partial charge in [-0.05, 0) is 25.5 Å². The highest BCUT2D eigenvalue weighted by Gasteiger charge is 2.22. The Labute approximate surface area is 128 Å². The smallest absolute Gasteiger partial charge is 0.270 e. The zero-order chi connectivity index (χ0) is 14.5. The van der Waals surface area contributed by atoms with Crippen LogP contribution in [0.3, 0.4) is 0 Å². The van der Waals surface area contributed by atoms with Crippen molar-refractivity contribution in [3.8, 4) is 5.75 Å². The molecule has 0 spiro atoms. The number of nitro groups is 1. The minimum absolute atomic E-state index is 0. The van der Waals surface area contributed by atoms with Crippen molar-refractivity contribution >= 4 is 24.0 Å². The van der Waals surface area contributed by atoms with Gasteiger partial charge in [-0.25, -0.2) is 0 Å². The van der Waals surface area contributed by atoms with Gasteiger partial charge in [-0.15, -0.1) is 12.4 Å². The maximum atomic E-state index is 11.9. The van der Waals surface area contributed by atoms with Crippen molar-refractivity contribution in [3.63, 3.8) is 0 Å². The van der Waals surface area contributed by atoms with E-state index in [1.165, 1.54) is 25.3 Å². The molecule has 0 saturated carbocycles. The number of nitrogens with one attached hydrogen (secondary N) is 2. The molecule has 1 aromatic carbocycles. The van der Waals surface area contributed by atoms with E-state index < -0.39 is 4.92 Å². The third kappa shape index (κ3) is 4.30. The van der Waals surface area contributed by atoms with Gasteiger partial charge in [-0.1, -0.05) is 0 Å². The van der Waals surface area contributed by atoms with Crippen molar-refractivity contribution in [1.82, 2.24) is 10.6 Å². The van der Waals surface area contributed by atoms with Gasteiger partial charge in [0, 0.05) is 24.2 Å². The van der Waals surface area contributed by atoms with Crippen LogP contribution in [0.1, 0.15) is 18.4 Å². The second kappa shape index (κ2) is 7.80. The molecule has 0 radical (unpaired) electrons. The van der Waals surface area contributed by atoms with Crippen LogP contribution in [0.25, 0.3) is 0 Å². The Kier molecular flexibility index (Phi) is 6.39. The summed E-state index contributed by atoms with van der Waals surface area (Å²) in [7, 11) is 1.49. The first kappa shape index (κ1) is 17.2. The molecule has 1 heterocycles. The maximum absolute atomic E-state index is 11.9. The molecule has 1 saturated heterocycles. The lowest BCUT2D eigenvalue weighted by Crippen LogP contribution is -2.40. The highest BCUT2D eigenvalue weighted by atomic mass is 35.5. The molecule has 1 amide bonds. The van der Waals surface area contributed by atoms with Gasteiger partial charge in [-0.2, -0.15) is 0 Å². The van der Waals surface area contributed by atoms with Gasteiger partial charge in [0.15, 0.2) is 0 Å². The Balaban J connectivity index is 0.00000220. The monoisotopic (exact) mass is 315 g/mol. The summed E-state index contributed by atoms with van der Waals surface area (Å²) in [6.45, 7) is 1.06. The lowest BCUT2D eigenvalue weighted by atomic mass is 10.1. The molecule has 8 heteroatoms. The summed E-state index contributed by atoms with van der Waals surface area (Å²) < 4.78 is 5.15. The van der Waals surface area contributed by atoms with Crippen molar-refractivity contribution in [3.05, 3.63) is 33.9 Å². The van der Waals surface area contributed by atoms with Crippen molar-refractivity contribution in [2.24, 2.45) is 0 Å². The van der Waals surface area contributed by atoms with Gasteiger partial charge >= 0.3 is 0 Å². The SMILES string of the molecule is COc1ccc([N+](=O)[O-])cc1CNC(=O)C1CCCN1.Cl. The molecule has 1 aliphatic heterocycles. The zero-order valence-electron chi connectivity index (χ0n) is 11.6. The maximum Gasteiger partial charge on any atom is 0.270 e. The molecule has 21 heavy (non-hydrogen) atoms. The number of carbonyl (C=O) groups excluding carboxylic acids is 1. The number of nitro benzene ring substituents is 1. The van der Waals surface area contributed by atoms with Crippen LogP contribution in [0.4, 0.5) is 5.69 Å². The first-order valence-corrected chi connectivity index (χ1v) is 6.44. The third-order valence-corrected chi connectivity index (χ3v) is 3.30. The average Bonchev–Trinajstić information content (AvgIpc) is 2.98. The van der Waals surface area contributed by atoms with Crippen molar-refractivity contribution in [2.75, 3.05) is 13.7 Å². The predicted molar refractivity (Wildman–Crippen MR) is 79.8 cm³/mol. The summed E-state index contributed by atoms with van der Waals surface area (Å²) in [4.78, 5) is 22.2. The van der Waals surface area contributed by atoms with Crippen molar-refractivity contribution in [1.29, 1.82) is 0 Å². The highest BCUT2D eigenvalue weighted by molar-refractivity contribution is 5.85. The molecular weight excluding hydrogens is 298 g/mol. The molecule has 1 fully saturated rings. The van der Waals surface area contributed by atoms with E-state index in [2.05, 4.69) is 10.6 Å². The molecular formula is C13H18ClN3O4. The van der Waals surface area contributed by atoms with E-state index in [0.717, 1.165) is 19.4 Å². The largest absolute Gasteiger partial charge is 0.496 e. The number of carbonyl (C=O) groups is 1. The van der Waals surface area contributed by atoms with Gasteiger partial charge in [0.2, 0.25) is 5.91 Å². The topological polar surface area (TPSA) is 93.5 Å². The normalized spacial score (nSPS) is 16.9. The van der Waals surface area contributed by atoms with Crippen LogP contribution in [0.15, 0.2) is 18.2 Å². The Hall–Kier alpha value is -1.86. The van der Waals surface area contributed by atoms with Crippen molar-refractivity contribution < 1.29 is 14.5 Å². The molecule has 1 unspecified atom stereocenters. The van der Waals surface area contributed by atoms with Crippen LogP contribution in [-0.2, 0) is 11.3 Å². The van der Waals surface area contributed by atoms with Crippen LogP contribution in [0.5, 0.6) is 5.75 Å². The fraction of sp³-hybridized carbons (Fsp3) is 0.462. The molecule has 1 aliphatic rings. The van der Waals surface area contributed by atoms with Gasteiger partial charge in [0.25, 0.3) is 5.69 Å². The van der Waals surface area contributed by atoms with Gasteiger partial charge in [0.1, 0.15) is 5.75 Å². The number of hydrogen-bond donors (Lipinski definition) is 2. The summed E-state index contributed by atoms with van der Waals surface area (Å²) in [5.74, 6) is 0.436. The first-order chi connectivity index (χ1) is 9.61. The van der Waals surface area contributed by atoms with Crippen LogP contribution in [-0.4, -0.2) is 30.5 Å². The van der Waals surface area contributed by atoms with E-state index in [0.29, 0.717) is 11.3 Å². The van der Waals surface area contributed by atoms with Gasteiger partial charge < -0.3 is 15.4 Å². The summed E-state index contributed by atoms with van der Waals surface area (Å²) >= 11 is 0. The Morgan fingerprint density at radius 2 is 2.33 bits per heavy atom. The van der Waals surface area contributed by atoms with E-state index in [-0.39, 0.29) is 36.6 Å². The number of benzene rings is 1. The predicted octanol–water partition coefficient (Wildman–Crippen LogP) is 1.39. The number of halogens is 1. The minimum atomic E-state index is -0.469. The Morgan fingerprint density at radius 1 is 1.57 bits per heavy atom. The number of ether oxygens (including phenoxy) is 1. The van der Waals surface area contributed by atoms with Crippen molar-refractivity contribution in [2.45, 2.75) is 25.4 Å². The third-order valence-electron chi connectivity index (χ3n) is 3.30. The molecule has 7 nitrogen and oxygen atoms in total. The van der Waals surface area contributed by atoms with Crippen LogP contribution in [0.2, 0.25) is 0 Å². The standard InChI is InChI=1S/C13H17N3O4.ClH/c1-20-12-5-4-10(16(18)19)7-9(12)8-15-13(17)11-3-2-6-14-11;/h4-5,7,11,14H,2-3,6,8H2,1H3,(H,15,17);1H. The summed E-state index contributed by atoms with van der Waals surface area (Å²) in [6, 6.07) is 4.16.